The molecule has 0 aliphatic carbocycles. The van der Waals surface area contributed by atoms with Gasteiger partial charge in [0, 0.05) is 20.0 Å². The topological polar surface area (TPSA) is 64.2 Å². The molecule has 1 fully saturated rings. The highest BCUT2D eigenvalue weighted by Crippen LogP contribution is 2.12. The molecule has 6 nitrogen and oxygen atoms in total. The molecule has 0 atom stereocenters. The number of hydrogen-bond acceptors (Lipinski definition) is 4. The van der Waals surface area contributed by atoms with E-state index < -0.39 is 4.92 Å². The minimum absolute atomic E-state index is 0.0545. The molecule has 1 aromatic heterocycles. The zero-order valence-electron chi connectivity index (χ0n) is 10.1. The highest BCUT2D eigenvalue weighted by atomic mass is 16.6. The number of aryl methyl sites for hydroxylation is 1. The van der Waals surface area contributed by atoms with Gasteiger partial charge in [0.1, 0.15) is 6.20 Å². The lowest BCUT2D eigenvalue weighted by Gasteiger charge is -2.26. The molecule has 0 bridgehead atoms. The van der Waals surface area contributed by atoms with Crippen molar-refractivity contribution < 1.29 is 4.92 Å². The van der Waals surface area contributed by atoms with Gasteiger partial charge in [-0.05, 0) is 35.8 Å². The SMILES string of the molecule is Cc1nc([N+](=O)[O-])cn1CCN1CCCCC1. The second-order valence-corrected chi connectivity index (χ2v) is 4.50. The van der Waals surface area contributed by atoms with E-state index in [9.17, 15) is 10.1 Å². The fourth-order valence-electron chi connectivity index (χ4n) is 2.24. The molecule has 0 unspecified atom stereocenters. The molecule has 1 saturated heterocycles. The Kier molecular flexibility index (Phi) is 3.73. The smallest absolute Gasteiger partial charge is 0.358 e. The maximum atomic E-state index is 10.6. The predicted octanol–water partition coefficient (Wildman–Crippen LogP) is 1.59. The normalized spacial score (nSPS) is 17.2. The van der Waals surface area contributed by atoms with Gasteiger partial charge in [-0.3, -0.25) is 0 Å². The molecular weight excluding hydrogens is 220 g/mol. The number of nitro groups is 1. The van der Waals surface area contributed by atoms with Crippen LogP contribution in [0.3, 0.4) is 0 Å². The number of rotatable bonds is 4. The van der Waals surface area contributed by atoms with Crippen molar-refractivity contribution in [3.63, 3.8) is 0 Å². The molecule has 0 radical (unpaired) electrons. The van der Waals surface area contributed by atoms with Crippen LogP contribution in [0.25, 0.3) is 0 Å². The van der Waals surface area contributed by atoms with E-state index in [2.05, 4.69) is 9.88 Å². The van der Waals surface area contributed by atoms with Gasteiger partial charge < -0.3 is 19.6 Å². The lowest BCUT2D eigenvalue weighted by molar-refractivity contribution is -0.389. The highest BCUT2D eigenvalue weighted by molar-refractivity contribution is 5.16. The molecule has 6 heteroatoms. The van der Waals surface area contributed by atoms with Crippen molar-refractivity contribution in [3.05, 3.63) is 22.1 Å². The summed E-state index contributed by atoms with van der Waals surface area (Å²) >= 11 is 0. The number of likely N-dealkylation sites (tertiary alicyclic amines) is 1. The van der Waals surface area contributed by atoms with Crippen molar-refractivity contribution in [2.24, 2.45) is 0 Å². The summed E-state index contributed by atoms with van der Waals surface area (Å²) in [7, 11) is 0. The largest absolute Gasteiger partial charge is 0.381 e. The molecule has 1 aliphatic rings. The van der Waals surface area contributed by atoms with Crippen molar-refractivity contribution in [1.29, 1.82) is 0 Å². The maximum absolute atomic E-state index is 10.6. The highest BCUT2D eigenvalue weighted by Gasteiger charge is 2.16. The maximum Gasteiger partial charge on any atom is 0.381 e. The van der Waals surface area contributed by atoms with Gasteiger partial charge in [-0.2, -0.15) is 0 Å². The Hall–Kier alpha value is -1.43. The lowest BCUT2D eigenvalue weighted by atomic mass is 10.1. The first-order valence-electron chi connectivity index (χ1n) is 6.07. The molecule has 0 N–H and O–H groups in total. The number of aromatic nitrogens is 2. The Bertz CT molecular complexity index is 396. The third-order valence-corrected chi connectivity index (χ3v) is 3.26. The van der Waals surface area contributed by atoms with Crippen LogP contribution in [0.1, 0.15) is 25.1 Å². The molecule has 1 aromatic rings. The Morgan fingerprint density at radius 1 is 1.35 bits per heavy atom. The molecular formula is C11H18N4O2. The summed E-state index contributed by atoms with van der Waals surface area (Å²) in [5, 5.41) is 10.6. The second kappa shape index (κ2) is 5.27. The Morgan fingerprint density at radius 3 is 2.65 bits per heavy atom. The van der Waals surface area contributed by atoms with Crippen molar-refractivity contribution in [2.75, 3.05) is 19.6 Å². The molecule has 2 heterocycles. The fraction of sp³-hybridized carbons (Fsp3) is 0.727. The van der Waals surface area contributed by atoms with Crippen molar-refractivity contribution >= 4 is 5.82 Å². The summed E-state index contributed by atoms with van der Waals surface area (Å²) in [5.41, 5.74) is 0. The van der Waals surface area contributed by atoms with Gasteiger partial charge in [0.15, 0.2) is 0 Å². The predicted molar refractivity (Wildman–Crippen MR) is 63.9 cm³/mol. The van der Waals surface area contributed by atoms with Crippen LogP contribution >= 0.6 is 0 Å². The average molecular weight is 238 g/mol. The molecule has 1 aliphatic heterocycles. The first-order valence-corrected chi connectivity index (χ1v) is 6.07. The Labute approximate surface area is 100 Å². The summed E-state index contributed by atoms with van der Waals surface area (Å²) in [6.45, 7) is 5.84. The Morgan fingerprint density at radius 2 is 2.06 bits per heavy atom. The van der Waals surface area contributed by atoms with E-state index in [1.165, 1.54) is 25.5 Å². The molecule has 0 spiro atoms. The van der Waals surface area contributed by atoms with Crippen LogP contribution in [0, 0.1) is 17.0 Å². The van der Waals surface area contributed by atoms with Gasteiger partial charge in [0.05, 0.1) is 0 Å². The first-order chi connectivity index (χ1) is 8.16. The standard InChI is InChI=1S/C11H18N4O2/c1-10-12-11(15(16)17)9-14(10)8-7-13-5-3-2-4-6-13/h9H,2-8H2,1H3. The fourth-order valence-corrected chi connectivity index (χ4v) is 2.24. The Balaban J connectivity index is 1.91. The third kappa shape index (κ3) is 3.03. The van der Waals surface area contributed by atoms with Gasteiger partial charge in [-0.25, -0.2) is 0 Å². The molecule has 0 amide bonds. The van der Waals surface area contributed by atoms with Gasteiger partial charge in [0.2, 0.25) is 5.82 Å². The van der Waals surface area contributed by atoms with E-state index >= 15 is 0 Å². The van der Waals surface area contributed by atoms with Crippen molar-refractivity contribution in [3.8, 4) is 0 Å². The van der Waals surface area contributed by atoms with Crippen LogP contribution in [0.4, 0.5) is 5.82 Å². The molecule has 17 heavy (non-hydrogen) atoms. The first kappa shape index (κ1) is 12.0. The lowest BCUT2D eigenvalue weighted by Crippen LogP contribution is -2.32. The van der Waals surface area contributed by atoms with Gasteiger partial charge >= 0.3 is 5.82 Å². The number of hydrogen-bond donors (Lipinski definition) is 0. The van der Waals surface area contributed by atoms with Gasteiger partial charge in [-0.1, -0.05) is 6.42 Å². The molecule has 0 aromatic carbocycles. The van der Waals surface area contributed by atoms with Crippen LogP contribution < -0.4 is 0 Å². The second-order valence-electron chi connectivity index (χ2n) is 4.50. The molecule has 94 valence electrons. The van der Waals surface area contributed by atoms with Crippen molar-refractivity contribution in [1.82, 2.24) is 14.5 Å². The van der Waals surface area contributed by atoms with Crippen LogP contribution in [-0.2, 0) is 6.54 Å². The van der Waals surface area contributed by atoms with E-state index in [0.717, 1.165) is 26.2 Å². The number of piperidine rings is 1. The third-order valence-electron chi connectivity index (χ3n) is 3.26. The summed E-state index contributed by atoms with van der Waals surface area (Å²) < 4.78 is 1.87. The minimum Gasteiger partial charge on any atom is -0.358 e. The van der Waals surface area contributed by atoms with Crippen molar-refractivity contribution in [2.45, 2.75) is 32.7 Å². The van der Waals surface area contributed by atoms with Gasteiger partial charge in [0.25, 0.3) is 0 Å². The van der Waals surface area contributed by atoms with E-state index in [1.807, 2.05) is 11.5 Å². The quantitative estimate of drug-likeness (QED) is 0.590. The van der Waals surface area contributed by atoms with Crippen LogP contribution in [0.15, 0.2) is 6.20 Å². The van der Waals surface area contributed by atoms with E-state index in [0.29, 0.717) is 5.82 Å². The van der Waals surface area contributed by atoms with E-state index in [4.69, 9.17) is 0 Å². The van der Waals surface area contributed by atoms with E-state index in [1.54, 1.807) is 0 Å². The number of imidazole rings is 1. The van der Waals surface area contributed by atoms with E-state index in [-0.39, 0.29) is 5.82 Å². The van der Waals surface area contributed by atoms with Crippen LogP contribution in [-0.4, -0.2) is 39.0 Å². The molecule has 2 rings (SSSR count). The monoisotopic (exact) mass is 238 g/mol. The zero-order chi connectivity index (χ0) is 12.3. The summed E-state index contributed by atoms with van der Waals surface area (Å²) in [5.74, 6) is 0.662. The minimum atomic E-state index is -0.440. The average Bonchev–Trinajstić information content (AvgIpc) is 2.70. The summed E-state index contributed by atoms with van der Waals surface area (Å²) in [4.78, 5) is 16.5. The van der Waals surface area contributed by atoms with Crippen LogP contribution in [0.5, 0.6) is 0 Å². The number of nitrogens with zero attached hydrogens (tertiary/aromatic N) is 4. The molecule has 0 saturated carbocycles. The summed E-state index contributed by atoms with van der Waals surface area (Å²) in [6, 6.07) is 0. The zero-order valence-corrected chi connectivity index (χ0v) is 10.1. The summed E-state index contributed by atoms with van der Waals surface area (Å²) in [6.07, 6.45) is 5.39. The van der Waals surface area contributed by atoms with Crippen LogP contribution in [0.2, 0.25) is 0 Å². The van der Waals surface area contributed by atoms with Gasteiger partial charge in [-0.15, -0.1) is 0 Å².